The molecule has 1 aliphatic heterocycles. The van der Waals surface area contributed by atoms with Crippen LogP contribution < -0.4 is 10.1 Å². The van der Waals surface area contributed by atoms with E-state index in [9.17, 15) is 0 Å². The minimum atomic E-state index is 0.407. The molecule has 21 heavy (non-hydrogen) atoms. The van der Waals surface area contributed by atoms with Gasteiger partial charge < -0.3 is 14.8 Å². The SMILES string of the molecule is c1ccc(-n2cnc(OCCNCC3CCOC3)n2)cc1. The number of benzene rings is 1. The Kier molecular flexibility index (Phi) is 4.81. The van der Waals surface area contributed by atoms with E-state index < -0.39 is 0 Å². The Morgan fingerprint density at radius 1 is 1.33 bits per heavy atom. The first-order valence-electron chi connectivity index (χ1n) is 7.30. The van der Waals surface area contributed by atoms with Gasteiger partial charge in [0.25, 0.3) is 0 Å². The molecule has 1 aromatic carbocycles. The molecule has 2 aromatic rings. The third-order valence-electron chi connectivity index (χ3n) is 3.46. The van der Waals surface area contributed by atoms with Gasteiger partial charge in [0.15, 0.2) is 0 Å². The van der Waals surface area contributed by atoms with Crippen molar-refractivity contribution in [3.05, 3.63) is 36.7 Å². The van der Waals surface area contributed by atoms with Crippen LogP contribution in [0.25, 0.3) is 5.69 Å². The molecule has 1 aliphatic rings. The second-order valence-electron chi connectivity index (χ2n) is 5.09. The Morgan fingerprint density at radius 3 is 3.05 bits per heavy atom. The fourth-order valence-corrected chi connectivity index (χ4v) is 2.28. The summed E-state index contributed by atoms with van der Waals surface area (Å²) in [4.78, 5) is 4.15. The highest BCUT2D eigenvalue weighted by molar-refractivity contribution is 5.29. The molecule has 0 spiro atoms. The predicted molar refractivity (Wildman–Crippen MR) is 78.6 cm³/mol. The smallest absolute Gasteiger partial charge is 0.335 e. The Morgan fingerprint density at radius 2 is 2.24 bits per heavy atom. The first-order valence-corrected chi connectivity index (χ1v) is 7.30. The summed E-state index contributed by atoms with van der Waals surface area (Å²) in [5, 5.41) is 7.66. The van der Waals surface area contributed by atoms with Gasteiger partial charge in [-0.3, -0.25) is 0 Å². The van der Waals surface area contributed by atoms with Crippen molar-refractivity contribution >= 4 is 0 Å². The fourth-order valence-electron chi connectivity index (χ4n) is 2.28. The molecule has 1 N–H and O–H groups in total. The van der Waals surface area contributed by atoms with E-state index in [1.807, 2.05) is 30.3 Å². The van der Waals surface area contributed by atoms with E-state index in [1.54, 1.807) is 11.0 Å². The summed E-state index contributed by atoms with van der Waals surface area (Å²) in [7, 11) is 0. The minimum absolute atomic E-state index is 0.407. The molecule has 6 heteroatoms. The molecule has 112 valence electrons. The molecular formula is C15H20N4O2. The lowest BCUT2D eigenvalue weighted by atomic mass is 10.1. The summed E-state index contributed by atoms with van der Waals surface area (Å²) in [6.07, 6.45) is 2.81. The van der Waals surface area contributed by atoms with E-state index in [2.05, 4.69) is 15.4 Å². The lowest BCUT2D eigenvalue weighted by Gasteiger charge is -2.08. The second kappa shape index (κ2) is 7.19. The van der Waals surface area contributed by atoms with Gasteiger partial charge in [0.1, 0.15) is 12.9 Å². The van der Waals surface area contributed by atoms with Crippen LogP contribution in [0.1, 0.15) is 6.42 Å². The van der Waals surface area contributed by atoms with Crippen molar-refractivity contribution in [2.24, 2.45) is 5.92 Å². The van der Waals surface area contributed by atoms with Gasteiger partial charge >= 0.3 is 6.01 Å². The van der Waals surface area contributed by atoms with Gasteiger partial charge in [-0.25, -0.2) is 4.68 Å². The number of nitrogens with one attached hydrogen (secondary N) is 1. The number of ether oxygens (including phenoxy) is 2. The number of hydrogen-bond acceptors (Lipinski definition) is 5. The van der Waals surface area contributed by atoms with Gasteiger partial charge in [0.05, 0.1) is 12.3 Å². The van der Waals surface area contributed by atoms with Gasteiger partial charge in [0, 0.05) is 19.7 Å². The Balaban J connectivity index is 1.39. The predicted octanol–water partition coefficient (Wildman–Crippen LogP) is 1.27. The number of nitrogens with zero attached hydrogens (tertiary/aromatic N) is 3. The molecule has 0 saturated carbocycles. The summed E-state index contributed by atoms with van der Waals surface area (Å²) >= 11 is 0. The Hall–Kier alpha value is -1.92. The van der Waals surface area contributed by atoms with E-state index in [0.29, 0.717) is 18.5 Å². The van der Waals surface area contributed by atoms with Gasteiger partial charge in [-0.2, -0.15) is 4.98 Å². The van der Waals surface area contributed by atoms with Crippen molar-refractivity contribution in [2.45, 2.75) is 6.42 Å². The number of hydrogen-bond donors (Lipinski definition) is 1. The van der Waals surface area contributed by atoms with Crippen LogP contribution in [-0.4, -0.2) is 47.7 Å². The van der Waals surface area contributed by atoms with Crippen LogP contribution >= 0.6 is 0 Å². The molecule has 1 unspecified atom stereocenters. The first kappa shape index (κ1) is 14.0. The molecule has 1 aromatic heterocycles. The fraction of sp³-hybridized carbons (Fsp3) is 0.467. The van der Waals surface area contributed by atoms with Crippen LogP contribution in [0.15, 0.2) is 36.7 Å². The van der Waals surface area contributed by atoms with Crippen molar-refractivity contribution in [2.75, 3.05) is 32.9 Å². The summed E-state index contributed by atoms with van der Waals surface area (Å²) < 4.78 is 12.6. The summed E-state index contributed by atoms with van der Waals surface area (Å²) in [6, 6.07) is 10.3. The van der Waals surface area contributed by atoms with Crippen LogP contribution in [0.5, 0.6) is 6.01 Å². The lowest BCUT2D eigenvalue weighted by molar-refractivity contribution is 0.184. The number of para-hydroxylation sites is 1. The Labute approximate surface area is 124 Å². The van der Waals surface area contributed by atoms with Crippen LogP contribution in [0, 0.1) is 5.92 Å². The van der Waals surface area contributed by atoms with Crippen molar-refractivity contribution in [3.8, 4) is 11.7 Å². The molecular weight excluding hydrogens is 268 g/mol. The first-order chi connectivity index (χ1) is 10.4. The topological polar surface area (TPSA) is 61.2 Å². The maximum absolute atomic E-state index is 5.54. The molecule has 0 bridgehead atoms. The van der Waals surface area contributed by atoms with E-state index in [0.717, 1.165) is 38.4 Å². The standard InChI is InChI=1S/C15H20N4O2/c1-2-4-14(5-3-1)19-12-17-15(18-19)21-9-7-16-10-13-6-8-20-11-13/h1-5,12-13,16H,6-11H2. The van der Waals surface area contributed by atoms with Crippen LogP contribution in [0.2, 0.25) is 0 Å². The zero-order valence-corrected chi connectivity index (χ0v) is 11.9. The highest BCUT2D eigenvalue weighted by atomic mass is 16.5. The zero-order valence-electron chi connectivity index (χ0n) is 11.9. The molecule has 0 radical (unpaired) electrons. The minimum Gasteiger partial charge on any atom is -0.461 e. The second-order valence-corrected chi connectivity index (χ2v) is 5.09. The van der Waals surface area contributed by atoms with Crippen molar-refractivity contribution in [1.29, 1.82) is 0 Å². The zero-order chi connectivity index (χ0) is 14.3. The van der Waals surface area contributed by atoms with Crippen LogP contribution in [0.3, 0.4) is 0 Å². The molecule has 2 heterocycles. The largest absolute Gasteiger partial charge is 0.461 e. The molecule has 1 fully saturated rings. The lowest BCUT2D eigenvalue weighted by Crippen LogP contribution is -2.27. The van der Waals surface area contributed by atoms with Crippen molar-refractivity contribution < 1.29 is 9.47 Å². The van der Waals surface area contributed by atoms with Gasteiger partial charge in [0.2, 0.25) is 0 Å². The molecule has 3 rings (SSSR count). The average molecular weight is 288 g/mol. The third kappa shape index (κ3) is 4.03. The Bertz CT molecular complexity index is 538. The van der Waals surface area contributed by atoms with Gasteiger partial charge in [-0.15, -0.1) is 5.10 Å². The van der Waals surface area contributed by atoms with E-state index in [4.69, 9.17) is 9.47 Å². The van der Waals surface area contributed by atoms with E-state index in [1.165, 1.54) is 0 Å². The molecule has 1 saturated heterocycles. The van der Waals surface area contributed by atoms with E-state index in [-0.39, 0.29) is 0 Å². The van der Waals surface area contributed by atoms with Crippen molar-refractivity contribution in [1.82, 2.24) is 20.1 Å². The van der Waals surface area contributed by atoms with Gasteiger partial charge in [-0.1, -0.05) is 18.2 Å². The monoisotopic (exact) mass is 288 g/mol. The van der Waals surface area contributed by atoms with Gasteiger partial charge in [-0.05, 0) is 24.5 Å². The maximum Gasteiger partial charge on any atom is 0.335 e. The van der Waals surface area contributed by atoms with E-state index >= 15 is 0 Å². The average Bonchev–Trinajstić information content (AvgIpc) is 3.19. The number of rotatable bonds is 7. The highest BCUT2D eigenvalue weighted by Crippen LogP contribution is 2.10. The quantitative estimate of drug-likeness (QED) is 0.778. The van der Waals surface area contributed by atoms with Crippen LogP contribution in [0.4, 0.5) is 0 Å². The summed E-state index contributed by atoms with van der Waals surface area (Å²) in [5.41, 5.74) is 0.971. The third-order valence-corrected chi connectivity index (χ3v) is 3.46. The highest BCUT2D eigenvalue weighted by Gasteiger charge is 2.14. The summed E-state index contributed by atoms with van der Waals surface area (Å²) in [6.45, 7) is 4.10. The molecule has 6 nitrogen and oxygen atoms in total. The van der Waals surface area contributed by atoms with Crippen molar-refractivity contribution in [3.63, 3.8) is 0 Å². The molecule has 0 aliphatic carbocycles. The van der Waals surface area contributed by atoms with Crippen LogP contribution in [-0.2, 0) is 4.74 Å². The molecule has 1 atom stereocenters. The maximum atomic E-state index is 5.54. The number of aromatic nitrogens is 3. The molecule has 0 amide bonds. The summed E-state index contributed by atoms with van der Waals surface area (Å²) in [5.74, 6) is 0.639. The normalized spacial score (nSPS) is 18.0.